The summed E-state index contributed by atoms with van der Waals surface area (Å²) in [7, 11) is 0. The van der Waals surface area contributed by atoms with E-state index in [-0.39, 0.29) is 11.9 Å². The summed E-state index contributed by atoms with van der Waals surface area (Å²) in [6.45, 7) is 4.77. The summed E-state index contributed by atoms with van der Waals surface area (Å²) in [4.78, 5) is 19.9. The van der Waals surface area contributed by atoms with E-state index in [1.165, 1.54) is 12.4 Å². The van der Waals surface area contributed by atoms with Crippen molar-refractivity contribution < 1.29 is 4.79 Å². The van der Waals surface area contributed by atoms with Crippen molar-refractivity contribution in [1.29, 1.82) is 0 Å². The van der Waals surface area contributed by atoms with Gasteiger partial charge in [-0.15, -0.1) is 0 Å². The Bertz CT molecular complexity index is 557. The maximum atomic E-state index is 12.0. The highest BCUT2D eigenvalue weighted by molar-refractivity contribution is 5.91. The molecule has 0 aliphatic carbocycles. The lowest BCUT2D eigenvalue weighted by molar-refractivity contribution is 0.0945. The molecule has 0 fully saturated rings. The van der Waals surface area contributed by atoms with E-state index in [0.717, 1.165) is 5.69 Å². The van der Waals surface area contributed by atoms with Gasteiger partial charge in [0.15, 0.2) is 0 Å². The molecule has 1 atom stereocenters. The third-order valence-corrected chi connectivity index (χ3v) is 3.21. The number of hydrogen-bond donors (Lipinski definition) is 2. The molecule has 0 spiro atoms. The van der Waals surface area contributed by atoms with Crippen LogP contribution in [-0.4, -0.2) is 28.5 Å². The molecule has 110 valence electrons. The van der Waals surface area contributed by atoms with Crippen molar-refractivity contribution in [3.8, 4) is 0 Å². The van der Waals surface area contributed by atoms with Crippen molar-refractivity contribution in [1.82, 2.24) is 15.3 Å². The second-order valence-electron chi connectivity index (χ2n) is 5.16. The molecule has 0 aliphatic heterocycles. The van der Waals surface area contributed by atoms with Gasteiger partial charge >= 0.3 is 0 Å². The van der Waals surface area contributed by atoms with Crippen LogP contribution in [-0.2, 0) is 0 Å². The molecule has 1 aromatic heterocycles. The van der Waals surface area contributed by atoms with E-state index in [0.29, 0.717) is 18.2 Å². The van der Waals surface area contributed by atoms with Crippen LogP contribution >= 0.6 is 0 Å². The van der Waals surface area contributed by atoms with Gasteiger partial charge in [-0.05, 0) is 18.1 Å². The fourth-order valence-corrected chi connectivity index (χ4v) is 1.91. The highest BCUT2D eigenvalue weighted by atomic mass is 16.1. The lowest BCUT2D eigenvalue weighted by Gasteiger charge is -2.23. The van der Waals surface area contributed by atoms with Crippen molar-refractivity contribution in [2.75, 3.05) is 11.9 Å². The maximum Gasteiger partial charge on any atom is 0.271 e. The SMILES string of the molecule is CC(C)[C@@H](CNC(=O)c1cnccn1)Nc1ccccc1. The molecule has 0 aliphatic rings. The molecule has 0 unspecified atom stereocenters. The third kappa shape index (κ3) is 4.56. The molecular formula is C16H20N4O. The second-order valence-corrected chi connectivity index (χ2v) is 5.16. The first-order valence-corrected chi connectivity index (χ1v) is 7.02. The van der Waals surface area contributed by atoms with Gasteiger partial charge in [-0.25, -0.2) is 4.98 Å². The minimum Gasteiger partial charge on any atom is -0.380 e. The van der Waals surface area contributed by atoms with Gasteiger partial charge < -0.3 is 10.6 Å². The van der Waals surface area contributed by atoms with Gasteiger partial charge in [0, 0.05) is 30.7 Å². The Balaban J connectivity index is 1.93. The van der Waals surface area contributed by atoms with Gasteiger partial charge in [-0.2, -0.15) is 0 Å². The number of anilines is 1. The molecular weight excluding hydrogens is 264 g/mol. The van der Waals surface area contributed by atoms with E-state index < -0.39 is 0 Å². The average Bonchev–Trinajstić information content (AvgIpc) is 2.52. The predicted octanol–water partition coefficient (Wildman–Crippen LogP) is 2.34. The summed E-state index contributed by atoms with van der Waals surface area (Å²) in [5.74, 6) is 0.177. The third-order valence-electron chi connectivity index (χ3n) is 3.21. The molecule has 1 heterocycles. The van der Waals surface area contributed by atoms with Gasteiger partial charge in [0.05, 0.1) is 6.20 Å². The van der Waals surface area contributed by atoms with Gasteiger partial charge in [-0.3, -0.25) is 9.78 Å². The maximum absolute atomic E-state index is 12.0. The Kier molecular flexibility index (Phi) is 5.26. The number of carbonyl (C=O) groups is 1. The normalized spacial score (nSPS) is 12.0. The van der Waals surface area contributed by atoms with E-state index in [9.17, 15) is 4.79 Å². The first kappa shape index (κ1) is 15.0. The Hall–Kier alpha value is -2.43. The molecule has 2 rings (SSSR count). The molecule has 2 N–H and O–H groups in total. The number of rotatable bonds is 6. The number of aromatic nitrogens is 2. The van der Waals surface area contributed by atoms with E-state index in [2.05, 4.69) is 34.4 Å². The number of benzene rings is 1. The van der Waals surface area contributed by atoms with Crippen molar-refractivity contribution >= 4 is 11.6 Å². The summed E-state index contributed by atoms with van der Waals surface area (Å²) in [5.41, 5.74) is 1.38. The average molecular weight is 284 g/mol. The Labute approximate surface area is 124 Å². The molecule has 0 radical (unpaired) electrons. The first-order valence-electron chi connectivity index (χ1n) is 7.02. The molecule has 0 saturated carbocycles. The fourth-order valence-electron chi connectivity index (χ4n) is 1.91. The summed E-state index contributed by atoms with van der Waals surface area (Å²) >= 11 is 0. The van der Waals surface area contributed by atoms with Crippen molar-refractivity contribution in [3.63, 3.8) is 0 Å². The van der Waals surface area contributed by atoms with Crippen LogP contribution in [0, 0.1) is 5.92 Å². The van der Waals surface area contributed by atoms with E-state index in [1.807, 2.05) is 30.3 Å². The minimum atomic E-state index is -0.205. The van der Waals surface area contributed by atoms with Crippen LogP contribution in [0.15, 0.2) is 48.9 Å². The minimum absolute atomic E-state index is 0.146. The van der Waals surface area contributed by atoms with Crippen molar-refractivity contribution in [2.24, 2.45) is 5.92 Å². The highest BCUT2D eigenvalue weighted by Gasteiger charge is 2.15. The standard InChI is InChI=1S/C16H20N4O/c1-12(2)14(20-13-6-4-3-5-7-13)11-19-16(21)15-10-17-8-9-18-15/h3-10,12,14,20H,11H2,1-2H3,(H,19,21)/t14-/m1/s1. The molecule has 0 saturated heterocycles. The van der Waals surface area contributed by atoms with Crippen LogP contribution in [0.2, 0.25) is 0 Å². The molecule has 1 amide bonds. The summed E-state index contributed by atoms with van der Waals surface area (Å²) < 4.78 is 0. The zero-order valence-corrected chi connectivity index (χ0v) is 12.3. The van der Waals surface area contributed by atoms with Crippen LogP contribution in [0.5, 0.6) is 0 Å². The van der Waals surface area contributed by atoms with Crippen LogP contribution in [0.3, 0.4) is 0 Å². The highest BCUT2D eigenvalue weighted by Crippen LogP contribution is 2.11. The lowest BCUT2D eigenvalue weighted by atomic mass is 10.0. The van der Waals surface area contributed by atoms with Crippen LogP contribution in [0.25, 0.3) is 0 Å². The van der Waals surface area contributed by atoms with E-state index in [1.54, 1.807) is 6.20 Å². The van der Waals surface area contributed by atoms with Crippen molar-refractivity contribution in [3.05, 3.63) is 54.6 Å². The summed E-state index contributed by atoms with van der Waals surface area (Å²) in [5, 5.41) is 6.33. The van der Waals surface area contributed by atoms with Gasteiger partial charge in [0.1, 0.15) is 5.69 Å². The summed E-state index contributed by atoms with van der Waals surface area (Å²) in [6, 6.07) is 10.1. The Morgan fingerprint density at radius 3 is 2.57 bits per heavy atom. The number of nitrogens with zero attached hydrogens (tertiary/aromatic N) is 2. The first-order chi connectivity index (χ1) is 10.2. The monoisotopic (exact) mass is 284 g/mol. The zero-order chi connectivity index (χ0) is 15.1. The quantitative estimate of drug-likeness (QED) is 0.854. The number of para-hydroxylation sites is 1. The number of amides is 1. The molecule has 2 aromatic rings. The molecule has 1 aromatic carbocycles. The van der Waals surface area contributed by atoms with Gasteiger partial charge in [-0.1, -0.05) is 32.0 Å². The van der Waals surface area contributed by atoms with Crippen molar-refractivity contribution in [2.45, 2.75) is 19.9 Å². The zero-order valence-electron chi connectivity index (χ0n) is 12.3. The lowest BCUT2D eigenvalue weighted by Crippen LogP contribution is -2.39. The fraction of sp³-hybridized carbons (Fsp3) is 0.312. The Morgan fingerprint density at radius 2 is 1.95 bits per heavy atom. The van der Waals surface area contributed by atoms with E-state index >= 15 is 0 Å². The topological polar surface area (TPSA) is 66.9 Å². The number of nitrogens with one attached hydrogen (secondary N) is 2. The number of carbonyl (C=O) groups excluding carboxylic acids is 1. The van der Waals surface area contributed by atoms with Crippen LogP contribution in [0.4, 0.5) is 5.69 Å². The molecule has 5 heteroatoms. The Morgan fingerprint density at radius 1 is 1.19 bits per heavy atom. The predicted molar refractivity (Wildman–Crippen MR) is 83.1 cm³/mol. The molecule has 5 nitrogen and oxygen atoms in total. The second kappa shape index (κ2) is 7.38. The van der Waals surface area contributed by atoms with Crippen LogP contribution < -0.4 is 10.6 Å². The van der Waals surface area contributed by atoms with Crippen LogP contribution in [0.1, 0.15) is 24.3 Å². The van der Waals surface area contributed by atoms with Gasteiger partial charge in [0.25, 0.3) is 5.91 Å². The smallest absolute Gasteiger partial charge is 0.271 e. The van der Waals surface area contributed by atoms with Gasteiger partial charge in [0.2, 0.25) is 0 Å². The molecule has 0 bridgehead atoms. The van der Waals surface area contributed by atoms with E-state index in [4.69, 9.17) is 0 Å². The largest absolute Gasteiger partial charge is 0.380 e. The molecule has 21 heavy (non-hydrogen) atoms. The summed E-state index contributed by atoms with van der Waals surface area (Å²) in [6.07, 6.45) is 4.52. The number of hydrogen-bond acceptors (Lipinski definition) is 4.